The normalized spacial score (nSPS) is 12.6. The molecular formula is C22H30N2O5S. The highest BCUT2D eigenvalue weighted by molar-refractivity contribution is 7.89. The summed E-state index contributed by atoms with van der Waals surface area (Å²) >= 11 is 0. The van der Waals surface area contributed by atoms with Gasteiger partial charge in [-0.3, -0.25) is 4.79 Å². The molecule has 2 aromatic rings. The van der Waals surface area contributed by atoms with E-state index in [-0.39, 0.29) is 23.4 Å². The molecule has 2 aromatic carbocycles. The van der Waals surface area contributed by atoms with Crippen molar-refractivity contribution in [1.29, 1.82) is 0 Å². The SMILES string of the molecule is COc1ccc(S(=O)(=O)N(C)CC(=O)N[C@@H](CC(C)C)c2ccccc2)cc1OC. The van der Waals surface area contributed by atoms with Gasteiger partial charge >= 0.3 is 0 Å². The van der Waals surface area contributed by atoms with Crippen LogP contribution in [-0.4, -0.2) is 46.4 Å². The molecule has 0 fully saturated rings. The molecule has 7 nitrogen and oxygen atoms in total. The number of nitrogens with zero attached hydrogens (tertiary/aromatic N) is 1. The lowest BCUT2D eigenvalue weighted by Gasteiger charge is -2.23. The highest BCUT2D eigenvalue weighted by atomic mass is 32.2. The zero-order valence-corrected chi connectivity index (χ0v) is 18.9. The number of hydrogen-bond donors (Lipinski definition) is 1. The number of likely N-dealkylation sites (N-methyl/N-ethyl adjacent to an activating group) is 1. The number of amides is 1. The monoisotopic (exact) mass is 434 g/mol. The van der Waals surface area contributed by atoms with E-state index < -0.39 is 10.0 Å². The Bertz CT molecular complexity index is 945. The molecular weight excluding hydrogens is 404 g/mol. The van der Waals surface area contributed by atoms with Crippen molar-refractivity contribution in [2.24, 2.45) is 5.92 Å². The first-order valence-corrected chi connectivity index (χ1v) is 11.2. The van der Waals surface area contributed by atoms with Crippen molar-refractivity contribution >= 4 is 15.9 Å². The number of rotatable bonds is 10. The Hall–Kier alpha value is -2.58. The molecule has 30 heavy (non-hydrogen) atoms. The Labute approximate surface area is 179 Å². The van der Waals surface area contributed by atoms with E-state index in [1.54, 1.807) is 0 Å². The summed E-state index contributed by atoms with van der Waals surface area (Å²) in [5.41, 5.74) is 0.991. The number of nitrogens with one attached hydrogen (secondary N) is 1. The van der Waals surface area contributed by atoms with Crippen molar-refractivity contribution in [1.82, 2.24) is 9.62 Å². The maximum absolute atomic E-state index is 12.9. The van der Waals surface area contributed by atoms with Crippen molar-refractivity contribution in [3.05, 3.63) is 54.1 Å². The van der Waals surface area contributed by atoms with E-state index in [9.17, 15) is 13.2 Å². The lowest BCUT2D eigenvalue weighted by molar-refractivity contribution is -0.122. The average Bonchev–Trinajstić information content (AvgIpc) is 2.72. The Morgan fingerprint density at radius 1 is 1.03 bits per heavy atom. The fourth-order valence-electron chi connectivity index (χ4n) is 3.12. The molecule has 1 amide bonds. The Morgan fingerprint density at radius 2 is 1.67 bits per heavy atom. The second-order valence-corrected chi connectivity index (χ2v) is 9.48. The third kappa shape index (κ3) is 5.96. The highest BCUT2D eigenvalue weighted by Crippen LogP contribution is 2.30. The molecule has 0 spiro atoms. The summed E-state index contributed by atoms with van der Waals surface area (Å²) in [6, 6.07) is 13.8. The minimum absolute atomic E-state index is 0.0252. The van der Waals surface area contributed by atoms with Gasteiger partial charge in [-0.25, -0.2) is 8.42 Å². The summed E-state index contributed by atoms with van der Waals surface area (Å²) in [4.78, 5) is 12.7. The van der Waals surface area contributed by atoms with Crippen LogP contribution in [0.3, 0.4) is 0 Å². The van der Waals surface area contributed by atoms with Crippen LogP contribution in [0.4, 0.5) is 0 Å². The first-order chi connectivity index (χ1) is 14.2. The van der Waals surface area contributed by atoms with E-state index >= 15 is 0 Å². The van der Waals surface area contributed by atoms with E-state index in [0.29, 0.717) is 17.4 Å². The minimum atomic E-state index is -3.88. The van der Waals surface area contributed by atoms with Gasteiger partial charge in [-0.1, -0.05) is 44.2 Å². The van der Waals surface area contributed by atoms with E-state index in [4.69, 9.17) is 9.47 Å². The van der Waals surface area contributed by atoms with Gasteiger partial charge in [0.15, 0.2) is 11.5 Å². The van der Waals surface area contributed by atoms with Crippen LogP contribution in [0.5, 0.6) is 11.5 Å². The molecule has 0 aliphatic heterocycles. The van der Waals surface area contributed by atoms with E-state index in [2.05, 4.69) is 19.2 Å². The molecule has 8 heteroatoms. The molecule has 164 valence electrons. The van der Waals surface area contributed by atoms with Crippen LogP contribution in [0.25, 0.3) is 0 Å². The first-order valence-electron chi connectivity index (χ1n) is 9.71. The summed E-state index contributed by atoms with van der Waals surface area (Å²) < 4.78 is 37.2. The third-order valence-electron chi connectivity index (χ3n) is 4.67. The molecule has 0 saturated carbocycles. The van der Waals surface area contributed by atoms with E-state index in [1.165, 1.54) is 39.5 Å². The molecule has 0 aliphatic carbocycles. The highest BCUT2D eigenvalue weighted by Gasteiger charge is 2.25. The molecule has 0 aliphatic rings. The van der Waals surface area contributed by atoms with Crippen LogP contribution in [-0.2, 0) is 14.8 Å². The summed E-state index contributed by atoms with van der Waals surface area (Å²) in [6.07, 6.45) is 0.752. The lowest BCUT2D eigenvalue weighted by Crippen LogP contribution is -2.40. The average molecular weight is 435 g/mol. The number of carbonyl (C=O) groups excluding carboxylic acids is 1. The molecule has 1 N–H and O–H groups in total. The Balaban J connectivity index is 2.15. The zero-order chi connectivity index (χ0) is 22.3. The van der Waals surface area contributed by atoms with Crippen molar-refractivity contribution in [3.63, 3.8) is 0 Å². The van der Waals surface area contributed by atoms with Crippen LogP contribution >= 0.6 is 0 Å². The number of methoxy groups -OCH3 is 2. The summed E-state index contributed by atoms with van der Waals surface area (Å²) in [7, 11) is 0.412. The van der Waals surface area contributed by atoms with E-state index in [0.717, 1.165) is 16.3 Å². The first kappa shape index (κ1) is 23.7. The number of ether oxygens (including phenoxy) is 2. The number of carbonyl (C=O) groups is 1. The van der Waals surface area contributed by atoms with Gasteiger partial charge in [0.05, 0.1) is 31.7 Å². The molecule has 0 saturated heterocycles. The predicted octanol–water partition coefficient (Wildman–Crippen LogP) is 3.23. The molecule has 0 heterocycles. The maximum Gasteiger partial charge on any atom is 0.243 e. The van der Waals surface area contributed by atoms with Gasteiger partial charge < -0.3 is 14.8 Å². The van der Waals surface area contributed by atoms with Gasteiger partial charge in [0.25, 0.3) is 0 Å². The largest absolute Gasteiger partial charge is 0.493 e. The zero-order valence-electron chi connectivity index (χ0n) is 18.1. The number of hydrogen-bond acceptors (Lipinski definition) is 5. The quantitative estimate of drug-likeness (QED) is 0.621. The number of sulfonamides is 1. The van der Waals surface area contributed by atoms with Crippen molar-refractivity contribution < 1.29 is 22.7 Å². The molecule has 1 atom stereocenters. The fraction of sp³-hybridized carbons (Fsp3) is 0.409. The van der Waals surface area contributed by atoms with E-state index in [1.807, 2.05) is 30.3 Å². The summed E-state index contributed by atoms with van der Waals surface area (Å²) in [5, 5.41) is 2.97. The topological polar surface area (TPSA) is 84.9 Å². The van der Waals surface area contributed by atoms with Crippen molar-refractivity contribution in [2.75, 3.05) is 27.8 Å². The number of benzene rings is 2. The van der Waals surface area contributed by atoms with Crippen molar-refractivity contribution in [3.8, 4) is 11.5 Å². The van der Waals surface area contributed by atoms with Crippen LogP contribution in [0.1, 0.15) is 31.9 Å². The second-order valence-electron chi connectivity index (χ2n) is 7.44. The fourth-order valence-corrected chi connectivity index (χ4v) is 4.26. The lowest BCUT2D eigenvalue weighted by atomic mass is 9.97. The predicted molar refractivity (Wildman–Crippen MR) is 116 cm³/mol. The maximum atomic E-state index is 12.9. The Morgan fingerprint density at radius 3 is 2.23 bits per heavy atom. The molecule has 0 radical (unpaired) electrons. The smallest absolute Gasteiger partial charge is 0.243 e. The molecule has 0 unspecified atom stereocenters. The standard InChI is InChI=1S/C22H30N2O5S/c1-16(2)13-19(17-9-7-6-8-10-17)23-22(25)15-24(3)30(26,27)18-11-12-20(28-4)21(14-18)29-5/h6-12,14,16,19H,13,15H2,1-5H3,(H,23,25)/t19-/m0/s1. The molecule has 0 aromatic heterocycles. The Kier molecular flexibility index (Phi) is 8.25. The van der Waals surface area contributed by atoms with Gasteiger partial charge in [-0.05, 0) is 30.0 Å². The van der Waals surface area contributed by atoms with Gasteiger partial charge in [-0.15, -0.1) is 0 Å². The van der Waals surface area contributed by atoms with Crippen LogP contribution in [0.15, 0.2) is 53.4 Å². The summed E-state index contributed by atoms with van der Waals surface area (Å²) in [5.74, 6) is 0.730. The minimum Gasteiger partial charge on any atom is -0.493 e. The van der Waals surface area contributed by atoms with Crippen LogP contribution < -0.4 is 14.8 Å². The van der Waals surface area contributed by atoms with Gasteiger partial charge in [-0.2, -0.15) is 4.31 Å². The van der Waals surface area contributed by atoms with Gasteiger partial charge in [0.1, 0.15) is 0 Å². The van der Waals surface area contributed by atoms with Crippen LogP contribution in [0.2, 0.25) is 0 Å². The van der Waals surface area contributed by atoms with Crippen molar-refractivity contribution in [2.45, 2.75) is 31.2 Å². The van der Waals surface area contributed by atoms with Gasteiger partial charge in [0, 0.05) is 13.1 Å². The summed E-state index contributed by atoms with van der Waals surface area (Å²) in [6.45, 7) is 3.86. The van der Waals surface area contributed by atoms with Gasteiger partial charge in [0.2, 0.25) is 15.9 Å². The molecule has 2 rings (SSSR count). The second kappa shape index (κ2) is 10.4. The van der Waals surface area contributed by atoms with Crippen LogP contribution in [0, 0.1) is 5.92 Å². The molecule has 0 bridgehead atoms. The third-order valence-corrected chi connectivity index (χ3v) is 6.47.